The van der Waals surface area contributed by atoms with E-state index in [0.717, 1.165) is 11.1 Å². The number of halogens is 2. The van der Waals surface area contributed by atoms with Gasteiger partial charge in [-0.25, -0.2) is 0 Å². The number of hydrogen-bond donors (Lipinski definition) is 1. The lowest BCUT2D eigenvalue weighted by Gasteiger charge is -2.51. The van der Waals surface area contributed by atoms with Crippen molar-refractivity contribution in [3.63, 3.8) is 0 Å². The molecule has 172 valence electrons. The summed E-state index contributed by atoms with van der Waals surface area (Å²) in [5.74, 6) is -1.31. The van der Waals surface area contributed by atoms with Gasteiger partial charge in [-0.15, -0.1) is 0 Å². The molecule has 1 aliphatic heterocycles. The molecule has 1 saturated heterocycles. The summed E-state index contributed by atoms with van der Waals surface area (Å²) in [5, 5.41) is 10.8. The van der Waals surface area contributed by atoms with Crippen molar-refractivity contribution in [2.24, 2.45) is 5.41 Å². The number of likely N-dealkylation sites (tertiary alicyclic amines) is 1. The number of methoxy groups -OCH3 is 1. The predicted octanol–water partition coefficient (Wildman–Crippen LogP) is 5.96. The van der Waals surface area contributed by atoms with Gasteiger partial charge in [-0.2, -0.15) is 0 Å². The van der Waals surface area contributed by atoms with Crippen molar-refractivity contribution in [3.8, 4) is 0 Å². The third kappa shape index (κ3) is 5.11. The number of piperidine rings is 1. The lowest BCUT2D eigenvalue weighted by Crippen LogP contribution is -2.57. The van der Waals surface area contributed by atoms with E-state index in [-0.39, 0.29) is 30.3 Å². The first-order valence-electron chi connectivity index (χ1n) is 10.7. The Morgan fingerprint density at radius 2 is 1.88 bits per heavy atom. The third-order valence-corrected chi connectivity index (χ3v) is 6.84. The molecule has 4 atom stereocenters. The van der Waals surface area contributed by atoms with Crippen LogP contribution >= 0.6 is 23.2 Å². The molecule has 1 N–H and O–H groups in total. The summed E-state index contributed by atoms with van der Waals surface area (Å²) in [6.45, 7) is 4.12. The second kappa shape index (κ2) is 10.2. The molecule has 32 heavy (non-hydrogen) atoms. The molecule has 2 aromatic rings. The van der Waals surface area contributed by atoms with Crippen molar-refractivity contribution in [1.29, 1.82) is 0 Å². The van der Waals surface area contributed by atoms with Crippen LogP contribution in [0.3, 0.4) is 0 Å². The highest BCUT2D eigenvalue weighted by Gasteiger charge is 2.52. The Morgan fingerprint density at radius 1 is 1.19 bits per heavy atom. The zero-order valence-electron chi connectivity index (χ0n) is 18.6. The van der Waals surface area contributed by atoms with Crippen LogP contribution < -0.4 is 0 Å². The Labute approximate surface area is 199 Å². The van der Waals surface area contributed by atoms with Crippen LogP contribution in [-0.2, 0) is 14.3 Å². The highest BCUT2D eigenvalue weighted by molar-refractivity contribution is 6.30. The lowest BCUT2D eigenvalue weighted by molar-refractivity contribution is -0.162. The third-order valence-electron chi connectivity index (χ3n) is 6.36. The molecule has 3 rings (SSSR count). The number of carbonyl (C=O) groups excluding carboxylic acids is 1. The summed E-state index contributed by atoms with van der Waals surface area (Å²) in [7, 11) is 1.61. The van der Waals surface area contributed by atoms with E-state index in [9.17, 15) is 14.7 Å². The van der Waals surface area contributed by atoms with E-state index in [1.165, 1.54) is 0 Å². The second-order valence-electron chi connectivity index (χ2n) is 8.72. The Bertz CT molecular complexity index is 965. The van der Waals surface area contributed by atoms with Crippen LogP contribution in [0, 0.1) is 5.41 Å². The van der Waals surface area contributed by atoms with Crippen molar-refractivity contribution in [2.45, 2.75) is 51.1 Å². The van der Waals surface area contributed by atoms with E-state index >= 15 is 0 Å². The van der Waals surface area contributed by atoms with Crippen LogP contribution in [0.5, 0.6) is 0 Å². The average molecular weight is 478 g/mol. The summed E-state index contributed by atoms with van der Waals surface area (Å²) in [5.41, 5.74) is 0.863. The van der Waals surface area contributed by atoms with E-state index < -0.39 is 11.4 Å². The van der Waals surface area contributed by atoms with E-state index in [1.54, 1.807) is 14.0 Å². The minimum atomic E-state index is -1.05. The Morgan fingerprint density at radius 3 is 2.44 bits per heavy atom. The van der Waals surface area contributed by atoms with Gasteiger partial charge in [0.15, 0.2) is 0 Å². The smallest absolute Gasteiger partial charge is 0.304 e. The van der Waals surface area contributed by atoms with Gasteiger partial charge >= 0.3 is 5.97 Å². The van der Waals surface area contributed by atoms with Crippen LogP contribution in [0.1, 0.15) is 56.2 Å². The molecule has 0 aliphatic carbocycles. The Hall–Kier alpha value is -2.08. The van der Waals surface area contributed by atoms with Gasteiger partial charge in [0.25, 0.3) is 0 Å². The largest absolute Gasteiger partial charge is 0.481 e. The van der Waals surface area contributed by atoms with Gasteiger partial charge in [-0.05, 0) is 48.2 Å². The highest BCUT2D eigenvalue weighted by Crippen LogP contribution is 2.52. The summed E-state index contributed by atoms with van der Waals surface area (Å²) < 4.78 is 5.46. The number of hydrogen-bond acceptors (Lipinski definition) is 3. The number of nitrogens with zero attached hydrogens (tertiary/aromatic N) is 1. The Balaban J connectivity index is 2.22. The number of carboxylic acids is 1. The van der Waals surface area contributed by atoms with Gasteiger partial charge < -0.3 is 14.7 Å². The van der Waals surface area contributed by atoms with Crippen molar-refractivity contribution in [1.82, 2.24) is 4.90 Å². The predicted molar refractivity (Wildman–Crippen MR) is 126 cm³/mol. The van der Waals surface area contributed by atoms with Crippen molar-refractivity contribution >= 4 is 35.1 Å². The SMILES string of the molecule is CC[C@@H](COC)N1C(=O)[C@](C)(CC(=O)O)C[C@H](c2cccc(Cl)c2)[C@H]1c1ccc(Cl)cc1. The van der Waals surface area contributed by atoms with E-state index in [4.69, 9.17) is 27.9 Å². The van der Waals surface area contributed by atoms with Gasteiger partial charge in [0, 0.05) is 23.1 Å². The molecule has 0 spiro atoms. The van der Waals surface area contributed by atoms with E-state index in [2.05, 4.69) is 0 Å². The quantitative estimate of drug-likeness (QED) is 0.509. The number of ether oxygens (including phenoxy) is 1. The maximum atomic E-state index is 13.9. The molecule has 1 heterocycles. The molecule has 0 bridgehead atoms. The second-order valence-corrected chi connectivity index (χ2v) is 9.60. The highest BCUT2D eigenvalue weighted by atomic mass is 35.5. The Kier molecular flexibility index (Phi) is 7.86. The van der Waals surface area contributed by atoms with Gasteiger partial charge in [0.2, 0.25) is 5.91 Å². The van der Waals surface area contributed by atoms with E-state index in [0.29, 0.717) is 29.5 Å². The average Bonchev–Trinajstić information content (AvgIpc) is 2.74. The first-order chi connectivity index (χ1) is 15.2. The van der Waals surface area contributed by atoms with Gasteiger partial charge in [-0.1, -0.05) is 61.3 Å². The summed E-state index contributed by atoms with van der Waals surface area (Å²) in [6, 6.07) is 14.6. The molecule has 5 nitrogen and oxygen atoms in total. The van der Waals surface area contributed by atoms with Crippen LogP contribution in [0.2, 0.25) is 10.0 Å². The standard InChI is InChI=1S/C25H29Cl2NO4/c1-4-20(15-32-3)28-23(16-8-10-18(26)11-9-16)21(17-6-5-7-19(27)12-17)13-25(2,24(28)31)14-22(29)30/h5-12,20-21,23H,4,13-15H2,1-3H3,(H,29,30)/t20-,21+,23+,25-/m0/s1. The zero-order chi connectivity index (χ0) is 23.5. The summed E-state index contributed by atoms with van der Waals surface area (Å²) >= 11 is 12.5. The minimum absolute atomic E-state index is 0.150. The molecule has 0 unspecified atom stereocenters. The molecular weight excluding hydrogens is 449 g/mol. The monoisotopic (exact) mass is 477 g/mol. The topological polar surface area (TPSA) is 66.8 Å². The molecule has 7 heteroatoms. The maximum absolute atomic E-state index is 13.9. The summed E-state index contributed by atoms with van der Waals surface area (Å²) in [4.78, 5) is 27.5. The molecule has 0 aromatic heterocycles. The summed E-state index contributed by atoms with van der Waals surface area (Å²) in [6.07, 6.45) is 0.830. The van der Waals surface area contributed by atoms with Gasteiger partial charge in [0.05, 0.1) is 30.5 Å². The zero-order valence-corrected chi connectivity index (χ0v) is 20.1. The maximum Gasteiger partial charge on any atom is 0.304 e. The fourth-order valence-electron chi connectivity index (χ4n) is 4.87. The fraction of sp³-hybridized carbons (Fsp3) is 0.440. The molecule has 1 amide bonds. The lowest BCUT2D eigenvalue weighted by atomic mass is 9.67. The van der Waals surface area contributed by atoms with Crippen LogP contribution in [-0.4, -0.2) is 41.6 Å². The molecule has 2 aromatic carbocycles. The number of benzene rings is 2. The number of carbonyl (C=O) groups is 2. The van der Waals surface area contributed by atoms with Crippen molar-refractivity contribution in [2.75, 3.05) is 13.7 Å². The van der Waals surface area contributed by atoms with Crippen LogP contribution in [0.15, 0.2) is 48.5 Å². The van der Waals surface area contributed by atoms with Crippen molar-refractivity contribution < 1.29 is 19.4 Å². The molecular formula is C25H29Cl2NO4. The first kappa shape index (κ1) is 24.6. The molecule has 1 fully saturated rings. The fourth-order valence-corrected chi connectivity index (χ4v) is 5.19. The number of rotatable bonds is 8. The van der Waals surface area contributed by atoms with Gasteiger partial charge in [-0.3, -0.25) is 9.59 Å². The molecule has 0 saturated carbocycles. The number of aliphatic carboxylic acids is 1. The van der Waals surface area contributed by atoms with Crippen molar-refractivity contribution in [3.05, 3.63) is 69.7 Å². The minimum Gasteiger partial charge on any atom is -0.481 e. The number of carboxylic acid groups (broad SMARTS) is 1. The molecule has 1 aliphatic rings. The number of amides is 1. The van der Waals surface area contributed by atoms with Crippen LogP contribution in [0.25, 0.3) is 0 Å². The molecule has 0 radical (unpaired) electrons. The van der Waals surface area contributed by atoms with Gasteiger partial charge in [0.1, 0.15) is 0 Å². The van der Waals surface area contributed by atoms with E-state index in [1.807, 2.05) is 60.4 Å². The first-order valence-corrected chi connectivity index (χ1v) is 11.5. The van der Waals surface area contributed by atoms with Crippen LogP contribution in [0.4, 0.5) is 0 Å². The normalized spacial score (nSPS) is 24.4.